The first-order valence-corrected chi connectivity index (χ1v) is 6.69. The van der Waals surface area contributed by atoms with Gasteiger partial charge in [0.1, 0.15) is 11.6 Å². The summed E-state index contributed by atoms with van der Waals surface area (Å²) < 4.78 is 6.90. The first-order chi connectivity index (χ1) is 9.20. The number of hydrogen-bond donors (Lipinski definition) is 2. The topological polar surface area (TPSA) is 99.0 Å². The third kappa shape index (κ3) is 3.58. The van der Waals surface area contributed by atoms with E-state index in [0.29, 0.717) is 24.1 Å². The minimum absolute atomic E-state index is 0.0845. The summed E-state index contributed by atoms with van der Waals surface area (Å²) in [5.74, 6) is 1.61. The number of nitrogens with one attached hydrogen (secondary N) is 1. The summed E-state index contributed by atoms with van der Waals surface area (Å²) in [6.45, 7) is 0.716. The van der Waals surface area contributed by atoms with Gasteiger partial charge in [0.15, 0.2) is 5.16 Å². The molecule has 2 heterocycles. The second-order valence-corrected chi connectivity index (χ2v) is 4.75. The van der Waals surface area contributed by atoms with Crippen LogP contribution in [0.5, 0.6) is 0 Å². The number of carbonyl (C=O) groups excluding carboxylic acids is 1. The molecule has 2 aromatic heterocycles. The van der Waals surface area contributed by atoms with Crippen molar-refractivity contribution in [2.24, 2.45) is 12.8 Å². The van der Waals surface area contributed by atoms with E-state index in [4.69, 9.17) is 10.2 Å². The zero-order valence-corrected chi connectivity index (χ0v) is 11.3. The second-order valence-electron chi connectivity index (χ2n) is 3.81. The maximum absolute atomic E-state index is 11.6. The SMILES string of the molecule is Cn1c(CN)nnc1SCC(=O)NCc1ccco1. The predicted molar refractivity (Wildman–Crippen MR) is 70.2 cm³/mol. The van der Waals surface area contributed by atoms with E-state index in [2.05, 4.69) is 15.5 Å². The summed E-state index contributed by atoms with van der Waals surface area (Å²) in [5, 5.41) is 11.3. The molecule has 102 valence electrons. The molecule has 1 amide bonds. The maximum atomic E-state index is 11.6. The molecule has 2 rings (SSSR count). The Morgan fingerprint density at radius 1 is 1.58 bits per heavy atom. The van der Waals surface area contributed by atoms with Crippen molar-refractivity contribution in [3.8, 4) is 0 Å². The quantitative estimate of drug-likeness (QED) is 0.738. The number of rotatable bonds is 6. The Bertz CT molecular complexity index is 537. The fourth-order valence-corrected chi connectivity index (χ4v) is 2.19. The standard InChI is InChI=1S/C11H15N5O2S/c1-16-9(5-12)14-15-11(16)19-7-10(17)13-6-8-3-2-4-18-8/h2-4H,5-7,12H2,1H3,(H,13,17). The van der Waals surface area contributed by atoms with Crippen LogP contribution >= 0.6 is 11.8 Å². The fraction of sp³-hybridized carbons (Fsp3) is 0.364. The summed E-state index contributed by atoms with van der Waals surface area (Å²) in [7, 11) is 1.82. The third-order valence-corrected chi connectivity index (χ3v) is 3.50. The lowest BCUT2D eigenvalue weighted by Gasteiger charge is -2.03. The first kappa shape index (κ1) is 13.6. The van der Waals surface area contributed by atoms with Crippen LogP contribution in [0.2, 0.25) is 0 Å². The van der Waals surface area contributed by atoms with Gasteiger partial charge < -0.3 is 20.0 Å². The van der Waals surface area contributed by atoms with Gasteiger partial charge in [0.2, 0.25) is 5.91 Å². The van der Waals surface area contributed by atoms with Gasteiger partial charge in [-0.15, -0.1) is 10.2 Å². The molecule has 0 saturated heterocycles. The Morgan fingerprint density at radius 3 is 3.05 bits per heavy atom. The zero-order valence-electron chi connectivity index (χ0n) is 10.5. The minimum atomic E-state index is -0.0845. The molecular weight excluding hydrogens is 266 g/mol. The van der Waals surface area contributed by atoms with E-state index >= 15 is 0 Å². The smallest absolute Gasteiger partial charge is 0.230 e. The molecule has 0 aliphatic rings. The van der Waals surface area contributed by atoms with Gasteiger partial charge in [0.05, 0.1) is 25.1 Å². The highest BCUT2D eigenvalue weighted by Gasteiger charge is 2.10. The predicted octanol–water partition coefficient (Wildman–Crippen LogP) is 0.275. The van der Waals surface area contributed by atoms with Gasteiger partial charge in [0, 0.05) is 7.05 Å². The molecule has 0 atom stereocenters. The van der Waals surface area contributed by atoms with E-state index in [0.717, 1.165) is 5.76 Å². The molecule has 0 spiro atoms. The monoisotopic (exact) mass is 281 g/mol. The summed E-state index contributed by atoms with van der Waals surface area (Å²) >= 11 is 1.32. The van der Waals surface area contributed by atoms with Gasteiger partial charge in [-0.05, 0) is 12.1 Å². The van der Waals surface area contributed by atoms with Gasteiger partial charge in [-0.25, -0.2) is 0 Å². The summed E-state index contributed by atoms with van der Waals surface area (Å²) in [4.78, 5) is 11.6. The molecule has 8 heteroatoms. The Hall–Kier alpha value is -1.80. The summed E-state index contributed by atoms with van der Waals surface area (Å²) in [6, 6.07) is 3.59. The van der Waals surface area contributed by atoms with Crippen LogP contribution in [0.3, 0.4) is 0 Å². The number of furan rings is 1. The zero-order chi connectivity index (χ0) is 13.7. The van der Waals surface area contributed by atoms with E-state index in [1.165, 1.54) is 11.8 Å². The Labute approximate surface area is 114 Å². The van der Waals surface area contributed by atoms with Crippen LogP contribution in [0.1, 0.15) is 11.6 Å². The van der Waals surface area contributed by atoms with Crippen LogP contribution in [-0.2, 0) is 24.9 Å². The van der Waals surface area contributed by atoms with Crippen LogP contribution in [0.4, 0.5) is 0 Å². The molecule has 0 aliphatic carbocycles. The van der Waals surface area contributed by atoms with Gasteiger partial charge >= 0.3 is 0 Å². The number of amides is 1. The lowest BCUT2D eigenvalue weighted by Crippen LogP contribution is -2.24. The number of aromatic nitrogens is 3. The van der Waals surface area contributed by atoms with Gasteiger partial charge in [0.25, 0.3) is 0 Å². The van der Waals surface area contributed by atoms with Gasteiger partial charge in [-0.2, -0.15) is 0 Å². The number of nitrogens with two attached hydrogens (primary N) is 1. The molecule has 0 fully saturated rings. The Balaban J connectivity index is 1.78. The highest BCUT2D eigenvalue weighted by atomic mass is 32.2. The lowest BCUT2D eigenvalue weighted by atomic mass is 10.4. The van der Waals surface area contributed by atoms with Crippen LogP contribution in [0.15, 0.2) is 28.0 Å². The third-order valence-electron chi connectivity index (χ3n) is 2.48. The van der Waals surface area contributed by atoms with E-state index < -0.39 is 0 Å². The highest BCUT2D eigenvalue weighted by molar-refractivity contribution is 7.99. The average molecular weight is 281 g/mol. The van der Waals surface area contributed by atoms with Crippen molar-refractivity contribution in [1.29, 1.82) is 0 Å². The fourth-order valence-electron chi connectivity index (χ4n) is 1.43. The van der Waals surface area contributed by atoms with Crippen molar-refractivity contribution < 1.29 is 9.21 Å². The van der Waals surface area contributed by atoms with Crippen LogP contribution in [0, 0.1) is 0 Å². The number of thioether (sulfide) groups is 1. The number of nitrogens with zero attached hydrogens (tertiary/aromatic N) is 3. The highest BCUT2D eigenvalue weighted by Crippen LogP contribution is 2.14. The molecule has 0 aliphatic heterocycles. The molecule has 0 aromatic carbocycles. The molecule has 0 saturated carbocycles. The van der Waals surface area contributed by atoms with Crippen LogP contribution < -0.4 is 11.1 Å². The summed E-state index contributed by atoms with van der Waals surface area (Å²) in [5.41, 5.74) is 5.50. The largest absolute Gasteiger partial charge is 0.467 e. The van der Waals surface area contributed by atoms with E-state index in [1.54, 1.807) is 16.9 Å². The molecule has 0 bridgehead atoms. The normalized spacial score (nSPS) is 10.6. The Kier molecular flexibility index (Phi) is 4.58. The number of hydrogen-bond acceptors (Lipinski definition) is 6. The van der Waals surface area contributed by atoms with Crippen molar-refractivity contribution in [3.05, 3.63) is 30.0 Å². The van der Waals surface area contributed by atoms with Crippen molar-refractivity contribution in [2.45, 2.75) is 18.2 Å². The molecule has 19 heavy (non-hydrogen) atoms. The second kappa shape index (κ2) is 6.39. The van der Waals surface area contributed by atoms with Crippen molar-refractivity contribution in [1.82, 2.24) is 20.1 Å². The van der Waals surface area contributed by atoms with Crippen LogP contribution in [0.25, 0.3) is 0 Å². The Morgan fingerprint density at radius 2 is 2.42 bits per heavy atom. The van der Waals surface area contributed by atoms with E-state index in [9.17, 15) is 4.79 Å². The molecule has 7 nitrogen and oxygen atoms in total. The van der Waals surface area contributed by atoms with E-state index in [1.807, 2.05) is 13.1 Å². The molecule has 0 radical (unpaired) electrons. The van der Waals surface area contributed by atoms with Crippen molar-refractivity contribution >= 4 is 17.7 Å². The average Bonchev–Trinajstić information content (AvgIpc) is 3.04. The lowest BCUT2D eigenvalue weighted by molar-refractivity contribution is -0.118. The van der Waals surface area contributed by atoms with Gasteiger partial charge in [-0.3, -0.25) is 4.79 Å². The number of carbonyl (C=O) groups is 1. The van der Waals surface area contributed by atoms with E-state index in [-0.39, 0.29) is 11.7 Å². The first-order valence-electron chi connectivity index (χ1n) is 5.71. The molecule has 0 unspecified atom stereocenters. The minimum Gasteiger partial charge on any atom is -0.467 e. The molecule has 3 N–H and O–H groups in total. The maximum Gasteiger partial charge on any atom is 0.230 e. The summed E-state index contributed by atoms with van der Waals surface area (Å²) in [6.07, 6.45) is 1.57. The van der Waals surface area contributed by atoms with Gasteiger partial charge in [-0.1, -0.05) is 11.8 Å². The molecular formula is C11H15N5O2S. The molecule has 2 aromatic rings. The van der Waals surface area contributed by atoms with Crippen molar-refractivity contribution in [3.63, 3.8) is 0 Å². The van der Waals surface area contributed by atoms with Crippen molar-refractivity contribution in [2.75, 3.05) is 5.75 Å². The van der Waals surface area contributed by atoms with Crippen LogP contribution in [-0.4, -0.2) is 26.4 Å².